The van der Waals surface area contributed by atoms with E-state index in [0.717, 1.165) is 31.6 Å². The number of benzene rings is 2. The molecule has 3 rings (SSSR count). The monoisotopic (exact) mass is 313 g/mol. The van der Waals surface area contributed by atoms with E-state index in [-0.39, 0.29) is 11.9 Å². The second-order valence-electron chi connectivity index (χ2n) is 5.88. The van der Waals surface area contributed by atoms with Crippen LogP contribution in [0.15, 0.2) is 48.5 Å². The van der Waals surface area contributed by atoms with E-state index in [2.05, 4.69) is 29.6 Å². The van der Waals surface area contributed by atoms with Crippen LogP contribution < -0.4 is 10.1 Å². The van der Waals surface area contributed by atoms with Gasteiger partial charge in [-0.2, -0.15) is 0 Å². The molecule has 1 heterocycles. The third kappa shape index (κ3) is 4.03. The third-order valence-corrected chi connectivity index (χ3v) is 4.29. The molecule has 0 bridgehead atoms. The molecule has 2 aromatic carbocycles. The molecule has 1 fully saturated rings. The van der Waals surface area contributed by atoms with Crippen molar-refractivity contribution >= 4 is 0 Å². The molecule has 0 spiro atoms. The molecule has 0 aromatic heterocycles. The van der Waals surface area contributed by atoms with Crippen molar-refractivity contribution in [2.45, 2.75) is 31.5 Å². The zero-order chi connectivity index (χ0) is 16.1. The summed E-state index contributed by atoms with van der Waals surface area (Å²) in [5, 5.41) is 13.2. The number of rotatable bonds is 5. The first-order valence-corrected chi connectivity index (χ1v) is 8.02. The molecule has 2 atom stereocenters. The number of methoxy groups -OCH3 is 1. The summed E-state index contributed by atoms with van der Waals surface area (Å²) in [6, 6.07) is 16.3. The standard InChI is InChI=1S/C19H23NO3/c1-22-19-11-14(7-8-17(19)21)13-20-16-9-10-23-18(12-16)15-5-3-2-4-6-15/h2-8,11,16,18,20-21H,9-10,12-13H2,1H3/t16-,18+/m0/s1. The van der Waals surface area contributed by atoms with Crippen LogP contribution in [0.3, 0.4) is 0 Å². The van der Waals surface area contributed by atoms with Crippen molar-refractivity contribution in [3.63, 3.8) is 0 Å². The van der Waals surface area contributed by atoms with Crippen molar-refractivity contribution in [3.8, 4) is 11.5 Å². The Morgan fingerprint density at radius 3 is 2.83 bits per heavy atom. The maximum absolute atomic E-state index is 9.65. The molecule has 1 aliphatic rings. The van der Waals surface area contributed by atoms with E-state index in [1.807, 2.05) is 18.2 Å². The zero-order valence-corrected chi connectivity index (χ0v) is 13.4. The zero-order valence-electron chi connectivity index (χ0n) is 13.4. The summed E-state index contributed by atoms with van der Waals surface area (Å²) in [7, 11) is 1.56. The lowest BCUT2D eigenvalue weighted by Gasteiger charge is -2.30. The second kappa shape index (κ2) is 7.49. The highest BCUT2D eigenvalue weighted by atomic mass is 16.5. The molecule has 2 N–H and O–H groups in total. The molecule has 4 nitrogen and oxygen atoms in total. The molecule has 0 unspecified atom stereocenters. The van der Waals surface area contributed by atoms with E-state index in [9.17, 15) is 5.11 Å². The van der Waals surface area contributed by atoms with Gasteiger partial charge in [0.25, 0.3) is 0 Å². The largest absolute Gasteiger partial charge is 0.504 e. The van der Waals surface area contributed by atoms with Crippen LogP contribution in [-0.4, -0.2) is 24.9 Å². The highest BCUT2D eigenvalue weighted by Gasteiger charge is 2.23. The van der Waals surface area contributed by atoms with Gasteiger partial charge in [0.05, 0.1) is 13.2 Å². The van der Waals surface area contributed by atoms with Gasteiger partial charge in [0.15, 0.2) is 11.5 Å². The molecule has 0 radical (unpaired) electrons. The minimum absolute atomic E-state index is 0.164. The predicted octanol–water partition coefficient (Wildman–Crippen LogP) is 3.41. The smallest absolute Gasteiger partial charge is 0.160 e. The predicted molar refractivity (Wildman–Crippen MR) is 89.7 cm³/mol. The number of aromatic hydroxyl groups is 1. The summed E-state index contributed by atoms with van der Waals surface area (Å²) < 4.78 is 11.1. The Kier molecular flexibility index (Phi) is 5.16. The molecule has 122 valence electrons. The van der Waals surface area contributed by atoms with Crippen LogP contribution in [0.5, 0.6) is 11.5 Å². The Morgan fingerprint density at radius 1 is 1.22 bits per heavy atom. The van der Waals surface area contributed by atoms with Gasteiger partial charge in [0.2, 0.25) is 0 Å². The van der Waals surface area contributed by atoms with Crippen molar-refractivity contribution in [1.29, 1.82) is 0 Å². The first-order chi connectivity index (χ1) is 11.3. The molecule has 2 aromatic rings. The van der Waals surface area contributed by atoms with Gasteiger partial charge in [-0.25, -0.2) is 0 Å². The molecule has 23 heavy (non-hydrogen) atoms. The molecule has 0 saturated carbocycles. The summed E-state index contributed by atoms with van der Waals surface area (Å²) in [4.78, 5) is 0. The van der Waals surface area contributed by atoms with Crippen LogP contribution in [-0.2, 0) is 11.3 Å². The molecular weight excluding hydrogens is 290 g/mol. The molecule has 0 amide bonds. The summed E-state index contributed by atoms with van der Waals surface area (Å²) in [5.41, 5.74) is 2.34. The van der Waals surface area contributed by atoms with E-state index < -0.39 is 0 Å². The lowest BCUT2D eigenvalue weighted by molar-refractivity contribution is -0.0000441. The number of hydrogen-bond acceptors (Lipinski definition) is 4. The van der Waals surface area contributed by atoms with Crippen LogP contribution in [0.1, 0.15) is 30.1 Å². The van der Waals surface area contributed by atoms with E-state index in [1.54, 1.807) is 13.2 Å². The Morgan fingerprint density at radius 2 is 2.04 bits per heavy atom. The first kappa shape index (κ1) is 15.8. The number of hydrogen-bond donors (Lipinski definition) is 2. The van der Waals surface area contributed by atoms with E-state index in [4.69, 9.17) is 9.47 Å². The minimum atomic E-state index is 0.164. The number of phenols is 1. The van der Waals surface area contributed by atoms with Crippen molar-refractivity contribution < 1.29 is 14.6 Å². The van der Waals surface area contributed by atoms with Crippen LogP contribution in [0.25, 0.3) is 0 Å². The van der Waals surface area contributed by atoms with Crippen molar-refractivity contribution in [2.24, 2.45) is 0 Å². The second-order valence-corrected chi connectivity index (χ2v) is 5.88. The third-order valence-electron chi connectivity index (χ3n) is 4.29. The topological polar surface area (TPSA) is 50.7 Å². The van der Waals surface area contributed by atoms with Gasteiger partial charge in [-0.3, -0.25) is 0 Å². The Hall–Kier alpha value is -2.04. The number of nitrogens with one attached hydrogen (secondary N) is 1. The van der Waals surface area contributed by atoms with Crippen molar-refractivity contribution in [1.82, 2.24) is 5.32 Å². The van der Waals surface area contributed by atoms with Crippen molar-refractivity contribution in [2.75, 3.05) is 13.7 Å². The summed E-state index contributed by atoms with van der Waals surface area (Å²) >= 11 is 0. The first-order valence-electron chi connectivity index (χ1n) is 8.02. The van der Waals surface area contributed by atoms with Crippen LogP contribution in [0.2, 0.25) is 0 Å². The summed E-state index contributed by atoms with van der Waals surface area (Å²) in [6.07, 6.45) is 2.15. The van der Waals surface area contributed by atoms with Gasteiger partial charge in [0.1, 0.15) is 0 Å². The Labute approximate surface area is 137 Å². The summed E-state index contributed by atoms with van der Waals surface area (Å²) in [5.74, 6) is 0.685. The van der Waals surface area contributed by atoms with Gasteiger partial charge in [-0.05, 0) is 36.1 Å². The van der Waals surface area contributed by atoms with E-state index >= 15 is 0 Å². The molecule has 4 heteroatoms. The maximum atomic E-state index is 9.65. The Balaban J connectivity index is 1.58. The van der Waals surface area contributed by atoms with Gasteiger partial charge < -0.3 is 19.9 Å². The fourth-order valence-corrected chi connectivity index (χ4v) is 2.98. The number of phenolic OH excluding ortho intramolecular Hbond substituents is 1. The van der Waals surface area contributed by atoms with E-state index in [0.29, 0.717) is 11.8 Å². The molecule has 1 aliphatic heterocycles. The lowest BCUT2D eigenvalue weighted by Crippen LogP contribution is -2.35. The molecule has 1 saturated heterocycles. The van der Waals surface area contributed by atoms with Crippen LogP contribution in [0, 0.1) is 0 Å². The highest BCUT2D eigenvalue weighted by molar-refractivity contribution is 5.41. The van der Waals surface area contributed by atoms with Gasteiger partial charge in [-0.15, -0.1) is 0 Å². The van der Waals surface area contributed by atoms with Gasteiger partial charge in [0, 0.05) is 19.2 Å². The fourth-order valence-electron chi connectivity index (χ4n) is 2.98. The van der Waals surface area contributed by atoms with Gasteiger partial charge in [-0.1, -0.05) is 36.4 Å². The minimum Gasteiger partial charge on any atom is -0.504 e. The lowest BCUT2D eigenvalue weighted by atomic mass is 9.97. The Bertz CT molecular complexity index is 630. The van der Waals surface area contributed by atoms with Gasteiger partial charge >= 0.3 is 0 Å². The average Bonchev–Trinajstić information content (AvgIpc) is 2.62. The average molecular weight is 313 g/mol. The summed E-state index contributed by atoms with van der Waals surface area (Å²) in [6.45, 7) is 1.53. The van der Waals surface area contributed by atoms with Crippen LogP contribution in [0.4, 0.5) is 0 Å². The molecular formula is C19H23NO3. The van der Waals surface area contributed by atoms with Crippen LogP contribution >= 0.6 is 0 Å². The van der Waals surface area contributed by atoms with Crippen molar-refractivity contribution in [3.05, 3.63) is 59.7 Å². The SMILES string of the molecule is COc1cc(CN[C@H]2CCO[C@@H](c3ccccc3)C2)ccc1O. The highest BCUT2D eigenvalue weighted by Crippen LogP contribution is 2.29. The van der Waals surface area contributed by atoms with E-state index in [1.165, 1.54) is 5.56 Å². The fraction of sp³-hybridized carbons (Fsp3) is 0.368. The number of ether oxygens (including phenoxy) is 2. The quantitative estimate of drug-likeness (QED) is 0.888. The maximum Gasteiger partial charge on any atom is 0.160 e. The molecule has 0 aliphatic carbocycles. The normalized spacial score (nSPS) is 21.1.